The summed E-state index contributed by atoms with van der Waals surface area (Å²) < 4.78 is 0. The van der Waals surface area contributed by atoms with E-state index in [9.17, 15) is 9.59 Å². The smallest absolute Gasteiger partial charge is 0.252 e. The van der Waals surface area contributed by atoms with Gasteiger partial charge in [0.25, 0.3) is 5.91 Å². The van der Waals surface area contributed by atoms with Crippen molar-refractivity contribution in [1.82, 2.24) is 10.3 Å². The van der Waals surface area contributed by atoms with Gasteiger partial charge in [-0.1, -0.05) is 24.6 Å². The minimum absolute atomic E-state index is 0.137. The molecule has 2 bridgehead atoms. The second kappa shape index (κ2) is 5.52. The molecule has 0 unspecified atom stereocenters. The van der Waals surface area contributed by atoms with Gasteiger partial charge in [-0.2, -0.15) is 0 Å². The zero-order chi connectivity index (χ0) is 16.0. The summed E-state index contributed by atoms with van der Waals surface area (Å²) in [5.74, 6) is 2.09. The number of amides is 1. The van der Waals surface area contributed by atoms with Crippen LogP contribution in [-0.4, -0.2) is 16.9 Å². The number of H-pyrrole nitrogens is 1. The van der Waals surface area contributed by atoms with Crippen LogP contribution >= 0.6 is 0 Å². The maximum atomic E-state index is 12.7. The van der Waals surface area contributed by atoms with Crippen molar-refractivity contribution in [2.24, 2.45) is 17.8 Å². The predicted octanol–water partition coefficient (Wildman–Crippen LogP) is 3.08. The lowest BCUT2D eigenvalue weighted by Gasteiger charge is -2.28. The Morgan fingerprint density at radius 2 is 2.09 bits per heavy atom. The van der Waals surface area contributed by atoms with Crippen molar-refractivity contribution in [3.8, 4) is 0 Å². The van der Waals surface area contributed by atoms with E-state index in [2.05, 4.69) is 17.2 Å². The second-order valence-corrected chi connectivity index (χ2v) is 7.19. The summed E-state index contributed by atoms with van der Waals surface area (Å²) in [5, 5.41) is 3.95. The van der Waals surface area contributed by atoms with Gasteiger partial charge >= 0.3 is 0 Å². The molecule has 1 aromatic heterocycles. The van der Waals surface area contributed by atoms with Crippen molar-refractivity contribution < 1.29 is 4.79 Å². The normalized spacial score (nSPS) is 27.3. The molecule has 4 atom stereocenters. The van der Waals surface area contributed by atoms with Crippen molar-refractivity contribution in [1.29, 1.82) is 0 Å². The number of aromatic nitrogens is 1. The molecule has 4 nitrogen and oxygen atoms in total. The van der Waals surface area contributed by atoms with E-state index in [1.165, 1.54) is 31.7 Å². The van der Waals surface area contributed by atoms with E-state index < -0.39 is 0 Å². The molecule has 1 heterocycles. The Morgan fingerprint density at radius 1 is 1.26 bits per heavy atom. The fourth-order valence-corrected chi connectivity index (χ4v) is 4.69. The van der Waals surface area contributed by atoms with Gasteiger partial charge in [-0.25, -0.2) is 0 Å². The molecule has 23 heavy (non-hydrogen) atoms. The SMILES string of the molecule is C[C@@H](NC(=O)c1cc(=O)[nH]c2ccccc12)[C@H]1C[C@@H]2CC[C@@H]1C2. The van der Waals surface area contributed by atoms with E-state index in [-0.39, 0.29) is 17.5 Å². The fourth-order valence-electron chi connectivity index (χ4n) is 4.69. The Morgan fingerprint density at radius 3 is 2.83 bits per heavy atom. The molecule has 2 fully saturated rings. The predicted molar refractivity (Wildman–Crippen MR) is 90.4 cm³/mol. The molecule has 120 valence electrons. The van der Waals surface area contributed by atoms with Gasteiger partial charge in [-0.3, -0.25) is 9.59 Å². The summed E-state index contributed by atoms with van der Waals surface area (Å²) in [6, 6.07) is 9.02. The molecule has 2 saturated carbocycles. The highest BCUT2D eigenvalue weighted by Gasteiger charge is 2.42. The van der Waals surface area contributed by atoms with Crippen molar-refractivity contribution in [2.75, 3.05) is 0 Å². The summed E-state index contributed by atoms with van der Waals surface area (Å²) in [5.41, 5.74) is 0.943. The van der Waals surface area contributed by atoms with E-state index >= 15 is 0 Å². The number of benzene rings is 1. The Bertz CT molecular complexity index is 810. The number of nitrogens with one attached hydrogen (secondary N) is 2. The molecule has 0 saturated heterocycles. The van der Waals surface area contributed by atoms with Crippen LogP contribution in [0.2, 0.25) is 0 Å². The van der Waals surface area contributed by atoms with Crippen LogP contribution in [0.5, 0.6) is 0 Å². The summed E-state index contributed by atoms with van der Waals surface area (Å²) in [4.78, 5) is 27.3. The number of pyridine rings is 1. The number of fused-ring (bicyclic) bond motifs is 3. The van der Waals surface area contributed by atoms with E-state index in [0.717, 1.165) is 17.2 Å². The molecule has 1 amide bonds. The summed E-state index contributed by atoms with van der Waals surface area (Å²) in [6.07, 6.45) is 5.24. The van der Waals surface area contributed by atoms with Crippen LogP contribution in [0.25, 0.3) is 10.9 Å². The molecule has 2 aliphatic carbocycles. The number of hydrogen-bond acceptors (Lipinski definition) is 2. The largest absolute Gasteiger partial charge is 0.349 e. The minimum atomic E-state index is -0.235. The van der Waals surface area contributed by atoms with Gasteiger partial charge in [0, 0.05) is 23.0 Å². The van der Waals surface area contributed by atoms with Crippen molar-refractivity contribution in [3.63, 3.8) is 0 Å². The summed E-state index contributed by atoms with van der Waals surface area (Å²) in [7, 11) is 0. The quantitative estimate of drug-likeness (QED) is 0.915. The van der Waals surface area contributed by atoms with Gasteiger partial charge in [0.05, 0.1) is 5.56 Å². The molecule has 2 aliphatic rings. The molecule has 2 N–H and O–H groups in total. The van der Waals surface area contributed by atoms with Gasteiger partial charge in [-0.15, -0.1) is 0 Å². The molecule has 4 rings (SSSR count). The Balaban J connectivity index is 1.58. The Hall–Kier alpha value is -2.10. The Labute approximate surface area is 135 Å². The maximum absolute atomic E-state index is 12.7. The van der Waals surface area contributed by atoms with E-state index in [0.29, 0.717) is 17.0 Å². The van der Waals surface area contributed by atoms with Gasteiger partial charge in [0.15, 0.2) is 0 Å². The lowest BCUT2D eigenvalue weighted by atomic mass is 9.84. The molecule has 0 radical (unpaired) electrons. The third kappa shape index (κ3) is 2.56. The monoisotopic (exact) mass is 310 g/mol. The first-order valence-electron chi connectivity index (χ1n) is 8.55. The van der Waals surface area contributed by atoms with E-state index in [1.54, 1.807) is 0 Å². The average molecular weight is 310 g/mol. The highest BCUT2D eigenvalue weighted by molar-refractivity contribution is 6.06. The van der Waals surface area contributed by atoms with Gasteiger partial charge in [0.2, 0.25) is 5.56 Å². The highest BCUT2D eigenvalue weighted by atomic mass is 16.2. The lowest BCUT2D eigenvalue weighted by molar-refractivity contribution is 0.0917. The molecule has 0 spiro atoms. The van der Waals surface area contributed by atoms with Crippen LogP contribution in [0, 0.1) is 17.8 Å². The van der Waals surface area contributed by atoms with Crippen LogP contribution in [0.3, 0.4) is 0 Å². The molecule has 0 aliphatic heterocycles. The standard InChI is InChI=1S/C19H22N2O2/c1-11(15-9-12-6-7-13(15)8-12)20-19(23)16-10-18(22)21-17-5-3-2-4-14(16)17/h2-5,10-13,15H,6-9H2,1H3,(H,20,23)(H,21,22)/t11-,12-,13-,15-/m1/s1. The summed E-state index contributed by atoms with van der Waals surface area (Å²) in [6.45, 7) is 2.11. The average Bonchev–Trinajstić information content (AvgIpc) is 3.17. The number of carbonyl (C=O) groups excluding carboxylic acids is 1. The third-order valence-corrected chi connectivity index (χ3v) is 5.79. The highest BCUT2D eigenvalue weighted by Crippen LogP contribution is 2.49. The van der Waals surface area contributed by atoms with E-state index in [4.69, 9.17) is 0 Å². The van der Waals surface area contributed by atoms with Crippen LogP contribution in [0.1, 0.15) is 43.0 Å². The number of hydrogen-bond donors (Lipinski definition) is 2. The second-order valence-electron chi connectivity index (χ2n) is 7.19. The number of rotatable bonds is 3. The fraction of sp³-hybridized carbons (Fsp3) is 0.474. The molecule has 4 heteroatoms. The molecular weight excluding hydrogens is 288 g/mol. The number of carbonyl (C=O) groups is 1. The summed E-state index contributed by atoms with van der Waals surface area (Å²) >= 11 is 0. The first kappa shape index (κ1) is 14.5. The first-order valence-corrected chi connectivity index (χ1v) is 8.55. The lowest BCUT2D eigenvalue weighted by Crippen LogP contribution is -2.40. The molecule has 1 aromatic carbocycles. The zero-order valence-electron chi connectivity index (χ0n) is 13.3. The van der Waals surface area contributed by atoms with Crippen LogP contribution in [-0.2, 0) is 0 Å². The van der Waals surface area contributed by atoms with Gasteiger partial charge in [0.1, 0.15) is 0 Å². The van der Waals surface area contributed by atoms with Crippen molar-refractivity contribution in [2.45, 2.75) is 38.6 Å². The van der Waals surface area contributed by atoms with Gasteiger partial charge in [-0.05, 0) is 50.0 Å². The van der Waals surface area contributed by atoms with Crippen LogP contribution in [0.4, 0.5) is 0 Å². The maximum Gasteiger partial charge on any atom is 0.252 e. The van der Waals surface area contributed by atoms with Crippen LogP contribution < -0.4 is 10.9 Å². The molecular formula is C19H22N2O2. The van der Waals surface area contributed by atoms with E-state index in [1.807, 2.05) is 24.3 Å². The van der Waals surface area contributed by atoms with Crippen molar-refractivity contribution in [3.05, 3.63) is 46.2 Å². The topological polar surface area (TPSA) is 62.0 Å². The Kier molecular flexibility index (Phi) is 3.47. The van der Waals surface area contributed by atoms with Crippen molar-refractivity contribution >= 4 is 16.8 Å². The first-order chi connectivity index (χ1) is 11.1. The third-order valence-electron chi connectivity index (χ3n) is 5.79. The number of para-hydroxylation sites is 1. The zero-order valence-corrected chi connectivity index (χ0v) is 13.3. The van der Waals surface area contributed by atoms with Crippen LogP contribution in [0.15, 0.2) is 35.1 Å². The molecule has 2 aromatic rings. The number of aromatic amines is 1. The minimum Gasteiger partial charge on any atom is -0.349 e. The van der Waals surface area contributed by atoms with Gasteiger partial charge < -0.3 is 10.3 Å².